The van der Waals surface area contributed by atoms with E-state index in [4.69, 9.17) is 0 Å². The van der Waals surface area contributed by atoms with E-state index in [1.54, 1.807) is 38.2 Å². The number of likely N-dealkylation sites (tertiary alicyclic amines) is 4. The number of alkyl halides is 12. The molecule has 7 aromatic carbocycles. The zero-order valence-corrected chi connectivity index (χ0v) is 71.4. The summed E-state index contributed by atoms with van der Waals surface area (Å²) >= 11 is 0. The van der Waals surface area contributed by atoms with Crippen molar-refractivity contribution in [2.24, 2.45) is 5.92 Å². The number of aromatic amines is 1. The van der Waals surface area contributed by atoms with Crippen molar-refractivity contribution in [2.45, 2.75) is 180 Å². The molecule has 1 unspecified atom stereocenters. The van der Waals surface area contributed by atoms with Crippen molar-refractivity contribution in [1.29, 1.82) is 0 Å². The van der Waals surface area contributed by atoms with Gasteiger partial charge in [-0.3, -0.25) is 19.9 Å². The number of pyridine rings is 1. The van der Waals surface area contributed by atoms with Crippen molar-refractivity contribution in [2.75, 3.05) is 93.3 Å². The number of piperidine rings is 4. The lowest BCUT2D eigenvalue weighted by Gasteiger charge is -2.41. The fraction of sp³-hybridized carbons (Fsp3) is 0.426. The molecular formula is C94H112F13N15O4. The van der Waals surface area contributed by atoms with Crippen LogP contribution < -0.4 is 21.3 Å². The Kier molecular flexibility index (Phi) is 35.8. The number of hydrogen-bond donors (Lipinski definition) is 5. The molecule has 4 fully saturated rings. The molecule has 32 heteroatoms. The topological polar surface area (TPSA) is 184 Å². The molecule has 126 heavy (non-hydrogen) atoms. The van der Waals surface area contributed by atoms with Gasteiger partial charge in [-0.05, 0) is 203 Å². The lowest BCUT2D eigenvalue weighted by atomic mass is 9.98. The summed E-state index contributed by atoms with van der Waals surface area (Å²) in [6, 6.07) is 49.8. The van der Waals surface area contributed by atoms with E-state index >= 15 is 0 Å². The molecule has 0 aliphatic carbocycles. The third-order valence-electron chi connectivity index (χ3n) is 22.7. The Bertz CT molecular complexity index is 4790. The summed E-state index contributed by atoms with van der Waals surface area (Å²) < 4.78 is 170. The van der Waals surface area contributed by atoms with Crippen LogP contribution >= 0.6 is 0 Å². The molecule has 4 aliphatic rings. The molecule has 6 heterocycles. The van der Waals surface area contributed by atoms with Crippen LogP contribution in [0.3, 0.4) is 0 Å². The Hall–Kier alpha value is -11.1. The van der Waals surface area contributed by atoms with Gasteiger partial charge in [0.15, 0.2) is 0 Å². The van der Waals surface area contributed by atoms with Gasteiger partial charge in [0.05, 0.1) is 22.3 Å². The normalized spacial score (nSPS) is 15.9. The minimum Gasteiger partial charge on any atom is -0.321 e. The second kappa shape index (κ2) is 46.4. The maximum absolute atomic E-state index is 13.9. The summed E-state index contributed by atoms with van der Waals surface area (Å²) in [6.45, 7) is 21.9. The molecule has 8 amide bonds. The summed E-state index contributed by atoms with van der Waals surface area (Å²) in [5, 5.41) is 17.5. The monoisotopic (exact) mass is 1760 g/mol. The Morgan fingerprint density at radius 1 is 0.397 bits per heavy atom. The van der Waals surface area contributed by atoms with Crippen LogP contribution in [0.4, 0.5) is 99.0 Å². The van der Waals surface area contributed by atoms with Crippen molar-refractivity contribution in [1.82, 2.24) is 54.4 Å². The predicted molar refractivity (Wildman–Crippen MR) is 463 cm³/mol. The van der Waals surface area contributed by atoms with E-state index in [2.05, 4.69) is 89.0 Å². The molecule has 2 aromatic heterocycles. The van der Waals surface area contributed by atoms with Crippen molar-refractivity contribution < 1.29 is 76.3 Å². The molecule has 1 atom stereocenters. The quantitative estimate of drug-likeness (QED) is 0.0365. The van der Waals surface area contributed by atoms with Gasteiger partial charge < -0.3 is 50.7 Å². The Morgan fingerprint density at radius 2 is 0.746 bits per heavy atom. The molecule has 0 spiro atoms. The van der Waals surface area contributed by atoms with Crippen LogP contribution in [0.15, 0.2) is 219 Å². The average molecular weight is 1760 g/mol. The van der Waals surface area contributed by atoms with Crippen LogP contribution in [0.5, 0.6) is 0 Å². The van der Waals surface area contributed by atoms with Crippen LogP contribution in [0, 0.1) is 11.7 Å². The maximum Gasteiger partial charge on any atom is 0.416 e. The number of benzene rings is 7. The molecule has 13 rings (SSSR count). The number of rotatable bonds is 24. The lowest BCUT2D eigenvalue weighted by Crippen LogP contribution is -2.50. The largest absolute Gasteiger partial charge is 0.416 e. The summed E-state index contributed by atoms with van der Waals surface area (Å²) in [4.78, 5) is 72.8. The van der Waals surface area contributed by atoms with Gasteiger partial charge in [0.1, 0.15) is 5.82 Å². The molecule has 0 saturated carbocycles. The highest BCUT2D eigenvalue weighted by atomic mass is 19.4. The van der Waals surface area contributed by atoms with E-state index in [1.807, 2.05) is 111 Å². The lowest BCUT2D eigenvalue weighted by molar-refractivity contribution is -0.138. The van der Waals surface area contributed by atoms with Gasteiger partial charge in [-0.25, -0.2) is 23.6 Å². The minimum atomic E-state index is -4.71. The highest BCUT2D eigenvalue weighted by Gasteiger charge is 2.38. The van der Waals surface area contributed by atoms with Crippen LogP contribution in [-0.2, 0) is 50.9 Å². The van der Waals surface area contributed by atoms with Crippen molar-refractivity contribution in [3.05, 3.63) is 275 Å². The van der Waals surface area contributed by atoms with Crippen molar-refractivity contribution >= 4 is 46.9 Å². The van der Waals surface area contributed by atoms with Crippen LogP contribution in [-0.4, -0.2) is 175 Å². The zero-order valence-electron chi connectivity index (χ0n) is 71.4. The Labute approximate surface area is 728 Å². The molecule has 0 bridgehead atoms. The van der Waals surface area contributed by atoms with E-state index < -0.39 is 64.8 Å². The van der Waals surface area contributed by atoms with Crippen LogP contribution in [0.2, 0.25) is 0 Å². The Morgan fingerprint density at radius 3 is 1.12 bits per heavy atom. The number of aromatic nitrogens is 3. The van der Waals surface area contributed by atoms with Crippen molar-refractivity contribution in [3.63, 3.8) is 0 Å². The smallest absolute Gasteiger partial charge is 0.321 e. The predicted octanol–water partition coefficient (Wildman–Crippen LogP) is 22.3. The third kappa shape index (κ3) is 30.3. The summed E-state index contributed by atoms with van der Waals surface area (Å²) in [5.41, 5.74) is 1.81. The molecule has 4 saturated heterocycles. The standard InChI is InChI=1S/C28H29F4N3O.C24H26F3N5O.C22H27F3N4O.C20H30F3N3O/c1-20(22-10-6-3-7-11-22)34-14-12-26(13-15-34)35(19-21-8-4-2-5-9-21)27(36)33-25-17-23(28(30,31)32)16-24(29)18-25;25-24(26,27)19-7-4-8-20(15-19)29-23(33)32(16-18-5-2-1-3-6-18)22-10-13-31(14-11-22)17-21-9-12-28-30-21;1-2-12-28-13-8-20(9-14-28)29(16-17-6-10-26-11-7-17)21(30)27-19-5-3-4-18(15-19)22(23,24)25;1-4-10-25-11-8-18(9-12-25)26(14-15(2)3)19(27)24-17-7-5-6-16(13-17)20(21,22)23/h2-11,16-18,20,26H,12-15,19H2,1H3,(H,33,36);1-9,12,15,22H,10-11,13-14,16-17H2,(H,28,30)(H,29,33);3-7,10-11,15,20H,2,8-9,12-14,16H2,1H3,(H,27,30);5-7,13,15,18H,4,8-12,14H2,1-3H3,(H,24,27). The van der Waals surface area contributed by atoms with Gasteiger partial charge in [-0.15, -0.1) is 0 Å². The fourth-order valence-electron chi connectivity index (χ4n) is 16.1. The van der Waals surface area contributed by atoms with E-state index in [-0.39, 0.29) is 70.9 Å². The number of anilines is 4. The highest BCUT2D eigenvalue weighted by Crippen LogP contribution is 2.37. The van der Waals surface area contributed by atoms with Crippen molar-refractivity contribution in [3.8, 4) is 0 Å². The first-order valence-corrected chi connectivity index (χ1v) is 42.8. The number of hydrogen-bond acceptors (Lipinski definition) is 10. The summed E-state index contributed by atoms with van der Waals surface area (Å²) in [5.74, 6) is -0.774. The first-order chi connectivity index (χ1) is 60.1. The molecule has 19 nitrogen and oxygen atoms in total. The first-order valence-electron chi connectivity index (χ1n) is 42.8. The van der Waals surface area contributed by atoms with Crippen LogP contribution in [0.1, 0.15) is 155 Å². The number of carbonyl (C=O) groups is 4. The average Bonchev–Trinajstić information content (AvgIpc) is 0.954. The Balaban J connectivity index is 0.000000176. The number of urea groups is 4. The second-order valence-corrected chi connectivity index (χ2v) is 32.5. The van der Waals surface area contributed by atoms with E-state index in [0.717, 1.165) is 194 Å². The molecule has 4 aliphatic heterocycles. The van der Waals surface area contributed by atoms with Gasteiger partial charge >= 0.3 is 48.8 Å². The SMILES string of the molecule is CC(c1ccccc1)N1CCC(N(Cc2ccccc2)C(=O)Nc2cc(F)cc(C(F)(F)F)c2)CC1.CCCN1CCC(N(CC(C)C)C(=O)Nc2cccc(C(F)(F)F)c2)CC1.CCCN1CCC(N(Cc2ccncc2)C(=O)Nc2cccc(C(F)(F)F)c2)CC1.O=C(Nc1cccc(C(F)(F)F)c1)N(Cc1ccccc1)C1CCN(Cc2ccn[nH]2)CC1. The minimum absolute atomic E-state index is 0.0194. The van der Waals surface area contributed by atoms with Gasteiger partial charge in [0.2, 0.25) is 0 Å². The summed E-state index contributed by atoms with van der Waals surface area (Å²) in [6.07, 6.45) is -4.37. The van der Waals surface area contributed by atoms with Gasteiger partial charge in [0.25, 0.3) is 0 Å². The van der Waals surface area contributed by atoms with Gasteiger partial charge in [-0.1, -0.05) is 137 Å². The number of nitrogens with one attached hydrogen (secondary N) is 5. The molecular weight excluding hydrogens is 1650 g/mol. The molecule has 5 N–H and O–H groups in total. The number of nitrogens with zero attached hydrogens (tertiary/aromatic N) is 10. The number of amides is 8. The maximum atomic E-state index is 13.9. The van der Waals surface area contributed by atoms with Gasteiger partial charge in [0, 0.05) is 162 Å². The number of halogens is 13. The summed E-state index contributed by atoms with van der Waals surface area (Å²) in [7, 11) is 0. The number of H-pyrrole nitrogens is 1. The molecule has 678 valence electrons. The third-order valence-corrected chi connectivity index (χ3v) is 22.7. The van der Waals surface area contributed by atoms with E-state index in [1.165, 1.54) is 42.0 Å². The van der Waals surface area contributed by atoms with Gasteiger partial charge in [-0.2, -0.15) is 57.8 Å². The highest BCUT2D eigenvalue weighted by molar-refractivity contribution is 5.92. The van der Waals surface area contributed by atoms with E-state index in [0.29, 0.717) is 45.1 Å². The fourth-order valence-corrected chi connectivity index (χ4v) is 16.1. The molecule has 9 aromatic rings. The molecule has 0 radical (unpaired) electrons. The van der Waals surface area contributed by atoms with E-state index in [9.17, 15) is 76.3 Å². The van der Waals surface area contributed by atoms with Crippen LogP contribution in [0.25, 0.3) is 0 Å². The first kappa shape index (κ1) is 97.1. The zero-order chi connectivity index (χ0) is 90.6. The second-order valence-electron chi connectivity index (χ2n) is 32.5. The number of carbonyl (C=O) groups excluding carboxylic acids is 4.